The lowest BCUT2D eigenvalue weighted by Gasteiger charge is -2.52. The van der Waals surface area contributed by atoms with E-state index in [2.05, 4.69) is 6.92 Å². The van der Waals surface area contributed by atoms with E-state index in [1.807, 2.05) is 38.2 Å². The minimum absolute atomic E-state index is 0.190. The predicted octanol–water partition coefficient (Wildman–Crippen LogP) is 4.40. The molecule has 0 aliphatic heterocycles. The summed E-state index contributed by atoms with van der Waals surface area (Å²) in [6, 6.07) is 0. The van der Waals surface area contributed by atoms with E-state index in [9.17, 15) is 24.6 Å². The molecule has 212 valence electrons. The fraction of sp³-hybridized carbons (Fsp3) is 0.594. The Bertz CT molecular complexity index is 1190. The second-order valence-corrected chi connectivity index (χ2v) is 12.2. The Hall–Kier alpha value is -2.77. The van der Waals surface area contributed by atoms with Crippen molar-refractivity contribution in [1.82, 2.24) is 0 Å². The summed E-state index contributed by atoms with van der Waals surface area (Å²) < 4.78 is 12.1. The maximum Gasteiger partial charge on any atom is 0.331 e. The number of rotatable bonds is 7. The maximum atomic E-state index is 13.1. The van der Waals surface area contributed by atoms with Crippen molar-refractivity contribution >= 4 is 17.7 Å². The standard InChI is InChI=1S/C32H42O7/c1-8-9-10-11-12-13-14-15-24(34)38-29-20(4)31(37)22-16-18(2)26(35)25(22)27(36)19(3)17-23(31)28-30(6,7)32(28,29)39-21(5)33/h10-17,20,22-23,25,27-29,36-37H,8-9H2,1-7H3/b11-10-,13-12+,15-14-/t20-,22-,23+,25+,27-,28-,29-,31+,32-/m1/s1. The number of unbranched alkanes of at least 4 members (excludes halogenated alkanes) is 1. The first-order chi connectivity index (χ1) is 18.3. The van der Waals surface area contributed by atoms with Crippen molar-refractivity contribution in [1.29, 1.82) is 0 Å². The number of aliphatic hydroxyl groups is 2. The Labute approximate surface area is 231 Å². The van der Waals surface area contributed by atoms with Crippen molar-refractivity contribution in [3.8, 4) is 0 Å². The maximum absolute atomic E-state index is 13.1. The van der Waals surface area contributed by atoms with Crippen LogP contribution in [-0.4, -0.2) is 51.3 Å². The molecule has 7 nitrogen and oxygen atoms in total. The van der Waals surface area contributed by atoms with Gasteiger partial charge in [-0.25, -0.2) is 4.79 Å². The van der Waals surface area contributed by atoms with Gasteiger partial charge in [-0.2, -0.15) is 0 Å². The van der Waals surface area contributed by atoms with Crippen molar-refractivity contribution in [2.45, 2.75) is 84.7 Å². The van der Waals surface area contributed by atoms with Crippen molar-refractivity contribution in [3.63, 3.8) is 0 Å². The molecule has 2 N–H and O–H groups in total. The average Bonchev–Trinajstić information content (AvgIpc) is 3.20. The molecule has 4 rings (SSSR count). The van der Waals surface area contributed by atoms with Gasteiger partial charge >= 0.3 is 11.9 Å². The molecule has 2 fully saturated rings. The third kappa shape index (κ3) is 4.38. The highest BCUT2D eigenvalue weighted by molar-refractivity contribution is 6.00. The zero-order valence-electron chi connectivity index (χ0n) is 24.0. The van der Waals surface area contributed by atoms with Gasteiger partial charge in [0.1, 0.15) is 6.10 Å². The number of ether oxygens (including phenoxy) is 2. The number of ketones is 1. The van der Waals surface area contributed by atoms with Crippen molar-refractivity contribution < 1.29 is 34.1 Å². The molecule has 7 heteroatoms. The summed E-state index contributed by atoms with van der Waals surface area (Å²) >= 11 is 0. The van der Waals surface area contributed by atoms with E-state index < -0.39 is 70.4 Å². The van der Waals surface area contributed by atoms with Gasteiger partial charge in [-0.05, 0) is 31.4 Å². The summed E-state index contributed by atoms with van der Waals surface area (Å²) in [7, 11) is 0. The lowest BCUT2D eigenvalue weighted by Crippen LogP contribution is -2.64. The summed E-state index contributed by atoms with van der Waals surface area (Å²) in [5.41, 5.74) is -2.24. The van der Waals surface area contributed by atoms with Crippen LogP contribution in [0.4, 0.5) is 0 Å². The number of hydrogen-bond donors (Lipinski definition) is 2. The molecule has 0 amide bonds. The van der Waals surface area contributed by atoms with Gasteiger partial charge in [-0.3, -0.25) is 9.59 Å². The van der Waals surface area contributed by atoms with Gasteiger partial charge in [-0.1, -0.05) is 76.6 Å². The molecule has 0 spiro atoms. The molecule has 4 aliphatic carbocycles. The smallest absolute Gasteiger partial charge is 0.331 e. The van der Waals surface area contributed by atoms with Gasteiger partial charge in [0.05, 0.1) is 17.6 Å². The summed E-state index contributed by atoms with van der Waals surface area (Å²) in [6.45, 7) is 12.6. The minimum Gasteiger partial charge on any atom is -0.455 e. The number of aliphatic hydroxyl groups excluding tert-OH is 1. The van der Waals surface area contributed by atoms with Crippen LogP contribution >= 0.6 is 0 Å². The van der Waals surface area contributed by atoms with Crippen LogP contribution in [0.15, 0.2) is 59.8 Å². The highest BCUT2D eigenvalue weighted by atomic mass is 16.6. The van der Waals surface area contributed by atoms with Gasteiger partial charge in [0.15, 0.2) is 11.4 Å². The van der Waals surface area contributed by atoms with E-state index in [-0.39, 0.29) is 5.78 Å². The van der Waals surface area contributed by atoms with Gasteiger partial charge in [0.2, 0.25) is 0 Å². The second kappa shape index (κ2) is 10.3. The Morgan fingerprint density at radius 3 is 2.38 bits per heavy atom. The minimum atomic E-state index is -1.53. The summed E-state index contributed by atoms with van der Waals surface area (Å²) in [4.78, 5) is 38.6. The summed E-state index contributed by atoms with van der Waals surface area (Å²) in [6.07, 6.45) is 14.0. The molecule has 4 aliphatic rings. The fourth-order valence-corrected chi connectivity index (χ4v) is 7.75. The molecule has 0 saturated heterocycles. The van der Waals surface area contributed by atoms with Gasteiger partial charge in [0.25, 0.3) is 0 Å². The molecule has 0 aromatic carbocycles. The van der Waals surface area contributed by atoms with Crippen LogP contribution in [0.3, 0.4) is 0 Å². The molecule has 0 aromatic rings. The predicted molar refractivity (Wildman–Crippen MR) is 147 cm³/mol. The van der Waals surface area contributed by atoms with Crippen LogP contribution in [0.5, 0.6) is 0 Å². The Balaban J connectivity index is 1.75. The Morgan fingerprint density at radius 1 is 1.08 bits per heavy atom. The lowest BCUT2D eigenvalue weighted by atomic mass is 9.59. The van der Waals surface area contributed by atoms with E-state index in [0.29, 0.717) is 11.1 Å². The number of hydrogen-bond acceptors (Lipinski definition) is 7. The van der Waals surface area contributed by atoms with Crippen LogP contribution in [0, 0.1) is 35.0 Å². The average molecular weight is 539 g/mol. The number of esters is 2. The fourth-order valence-electron chi connectivity index (χ4n) is 7.75. The van der Waals surface area contributed by atoms with Crippen LogP contribution in [0.1, 0.15) is 61.3 Å². The number of carbonyl (C=O) groups excluding carboxylic acids is 3. The van der Waals surface area contributed by atoms with Crippen molar-refractivity contribution in [3.05, 3.63) is 59.8 Å². The zero-order valence-corrected chi connectivity index (χ0v) is 24.0. The van der Waals surface area contributed by atoms with Gasteiger partial charge < -0.3 is 19.7 Å². The van der Waals surface area contributed by atoms with Crippen molar-refractivity contribution in [2.24, 2.45) is 35.0 Å². The summed E-state index contributed by atoms with van der Waals surface area (Å²) in [5, 5.41) is 23.8. The molecule has 0 unspecified atom stereocenters. The van der Waals surface area contributed by atoms with Crippen LogP contribution in [-0.2, 0) is 23.9 Å². The second-order valence-electron chi connectivity index (χ2n) is 12.2. The number of allylic oxidation sites excluding steroid dienone is 6. The quantitative estimate of drug-likeness (QED) is 0.214. The molecule has 39 heavy (non-hydrogen) atoms. The third-order valence-electron chi connectivity index (χ3n) is 9.67. The topological polar surface area (TPSA) is 110 Å². The van der Waals surface area contributed by atoms with E-state index in [4.69, 9.17) is 9.47 Å². The lowest BCUT2D eigenvalue weighted by molar-refractivity contribution is -0.218. The van der Waals surface area contributed by atoms with Gasteiger partial charge in [0, 0.05) is 42.1 Å². The molecule has 9 atom stereocenters. The van der Waals surface area contributed by atoms with Crippen LogP contribution in [0.25, 0.3) is 0 Å². The highest BCUT2D eigenvalue weighted by Gasteiger charge is 2.87. The first-order valence-electron chi connectivity index (χ1n) is 14.0. The SMILES string of the molecule is CCC\C=C/C=C/C=C\C(=O)O[C@@H]1[C@@H](C)[C@]2(O)[C@@H]3C=C(C)C(=O)[C@H]3[C@H](O)C(C)=C[C@H]2[C@@H]2C(C)(C)[C@]12OC(C)=O. The molecule has 0 heterocycles. The Morgan fingerprint density at radius 2 is 1.74 bits per heavy atom. The molecule has 0 radical (unpaired) electrons. The van der Waals surface area contributed by atoms with E-state index >= 15 is 0 Å². The van der Waals surface area contributed by atoms with Crippen LogP contribution < -0.4 is 0 Å². The number of carbonyl (C=O) groups is 3. The molecular weight excluding hydrogens is 496 g/mol. The molecule has 0 bridgehead atoms. The van der Waals surface area contributed by atoms with E-state index in [1.165, 1.54) is 13.0 Å². The van der Waals surface area contributed by atoms with Crippen molar-refractivity contribution in [2.75, 3.05) is 0 Å². The Kier molecular flexibility index (Phi) is 7.74. The summed E-state index contributed by atoms with van der Waals surface area (Å²) in [5.74, 6) is -4.48. The first-order valence-corrected chi connectivity index (χ1v) is 14.0. The number of Topliss-reactive ketones (excluding diaryl/α,β-unsaturated/α-hetero) is 1. The molecule has 2 saturated carbocycles. The van der Waals surface area contributed by atoms with E-state index in [1.54, 1.807) is 39.0 Å². The van der Waals surface area contributed by atoms with Crippen LogP contribution in [0.2, 0.25) is 0 Å². The third-order valence-corrected chi connectivity index (χ3v) is 9.67. The highest BCUT2D eigenvalue weighted by Crippen LogP contribution is 2.76. The number of fused-ring (bicyclic) bond motifs is 5. The zero-order chi connectivity index (χ0) is 28.9. The van der Waals surface area contributed by atoms with E-state index in [0.717, 1.165) is 12.8 Å². The van der Waals surface area contributed by atoms with Gasteiger partial charge in [-0.15, -0.1) is 0 Å². The molecule has 0 aromatic heterocycles. The first kappa shape index (κ1) is 29.2. The molecular formula is C32H42O7. The monoisotopic (exact) mass is 538 g/mol. The largest absolute Gasteiger partial charge is 0.455 e. The normalized spacial score (nSPS) is 40.5.